The summed E-state index contributed by atoms with van der Waals surface area (Å²) >= 11 is 0. The number of nitro benzene ring substituents is 1. The fourth-order valence-corrected chi connectivity index (χ4v) is 2.51. The monoisotopic (exact) mass is 364 g/mol. The van der Waals surface area contributed by atoms with Gasteiger partial charge in [-0.15, -0.1) is 0 Å². The Balaban J connectivity index is 2.28. The second-order valence-electron chi connectivity index (χ2n) is 4.82. The van der Waals surface area contributed by atoms with E-state index in [1.54, 1.807) is 18.2 Å². The molecule has 0 saturated carbocycles. The average molecular weight is 364 g/mol. The van der Waals surface area contributed by atoms with Gasteiger partial charge in [0, 0.05) is 11.6 Å². The van der Waals surface area contributed by atoms with Crippen LogP contribution in [0.2, 0.25) is 0 Å². The van der Waals surface area contributed by atoms with Gasteiger partial charge in [0.05, 0.1) is 22.6 Å². The predicted octanol–water partition coefficient (Wildman–Crippen LogP) is 2.09. The van der Waals surface area contributed by atoms with E-state index in [9.17, 15) is 18.5 Å². The molecule has 0 spiro atoms. The molecule has 0 atom stereocenters. The number of ether oxygens (including phenoxy) is 1. The third kappa shape index (κ3) is 4.75. The van der Waals surface area contributed by atoms with Gasteiger partial charge < -0.3 is 4.74 Å². The number of primary sulfonamides is 1. The quantitative estimate of drug-likeness (QED) is 0.438. The number of hydrogen-bond donors (Lipinski definition) is 2. The molecule has 0 fully saturated rings. The minimum Gasteiger partial charge on any atom is -0.493 e. The summed E-state index contributed by atoms with van der Waals surface area (Å²) in [5.74, 6) is 0.620. The molecule has 132 valence electrons. The van der Waals surface area contributed by atoms with Crippen molar-refractivity contribution >= 4 is 27.6 Å². The summed E-state index contributed by atoms with van der Waals surface area (Å²) in [7, 11) is -4.04. The third-order valence-corrected chi connectivity index (χ3v) is 4.01. The minimum atomic E-state index is -4.04. The average Bonchev–Trinajstić information content (AvgIpc) is 2.55. The lowest BCUT2D eigenvalue weighted by Crippen LogP contribution is -2.12. The number of hydrogen-bond acceptors (Lipinski definition) is 7. The van der Waals surface area contributed by atoms with E-state index in [0.29, 0.717) is 17.9 Å². The van der Waals surface area contributed by atoms with Gasteiger partial charge in [-0.3, -0.25) is 15.5 Å². The first kappa shape index (κ1) is 18.4. The summed E-state index contributed by atoms with van der Waals surface area (Å²) in [6, 6.07) is 10.4. The van der Waals surface area contributed by atoms with E-state index in [0.717, 1.165) is 12.1 Å². The maximum absolute atomic E-state index is 11.3. The zero-order valence-electron chi connectivity index (χ0n) is 13.2. The summed E-state index contributed by atoms with van der Waals surface area (Å²) in [5.41, 5.74) is 2.78. The Hall–Kier alpha value is -2.98. The molecule has 10 heteroatoms. The lowest BCUT2D eigenvalue weighted by atomic mass is 10.2. The highest BCUT2D eigenvalue weighted by Gasteiger charge is 2.18. The van der Waals surface area contributed by atoms with Crippen molar-refractivity contribution in [3.8, 4) is 5.75 Å². The number of sulfonamides is 1. The topological polar surface area (TPSA) is 137 Å². The number of nitrogens with two attached hydrogens (primary N) is 1. The first-order chi connectivity index (χ1) is 11.8. The molecule has 0 heterocycles. The standard InChI is InChI=1S/C15H16N4O5S/c1-2-24-15-6-4-3-5-11(15)10-17-18-13-8-7-12(25(16,22)23)9-14(13)19(20)21/h3-10,18H,2H2,1H3,(H2,16,22,23). The van der Waals surface area contributed by atoms with Gasteiger partial charge in [-0.2, -0.15) is 5.10 Å². The lowest BCUT2D eigenvalue weighted by Gasteiger charge is -2.06. The summed E-state index contributed by atoms with van der Waals surface area (Å²) in [6.07, 6.45) is 1.45. The van der Waals surface area contributed by atoms with Crippen molar-refractivity contribution in [2.24, 2.45) is 10.2 Å². The molecule has 0 unspecified atom stereocenters. The van der Waals surface area contributed by atoms with Crippen molar-refractivity contribution in [3.63, 3.8) is 0 Å². The summed E-state index contributed by atoms with van der Waals surface area (Å²) in [5, 5.41) is 20.1. The van der Waals surface area contributed by atoms with E-state index in [1.807, 2.05) is 13.0 Å². The molecule has 0 aliphatic rings. The molecule has 0 aromatic heterocycles. The summed E-state index contributed by atoms with van der Waals surface area (Å²) in [6.45, 7) is 2.33. The van der Waals surface area contributed by atoms with Crippen LogP contribution in [0.25, 0.3) is 0 Å². The van der Waals surface area contributed by atoms with E-state index in [4.69, 9.17) is 9.88 Å². The smallest absolute Gasteiger partial charge is 0.295 e. The Morgan fingerprint density at radius 3 is 2.68 bits per heavy atom. The molecule has 0 aliphatic carbocycles. The van der Waals surface area contributed by atoms with Crippen molar-refractivity contribution in [2.75, 3.05) is 12.0 Å². The van der Waals surface area contributed by atoms with Crippen molar-refractivity contribution in [2.45, 2.75) is 11.8 Å². The number of benzene rings is 2. The number of rotatable bonds is 7. The van der Waals surface area contributed by atoms with Crippen LogP contribution in [0.3, 0.4) is 0 Å². The SMILES string of the molecule is CCOc1ccccc1C=NNc1ccc(S(N)(=O)=O)cc1[N+](=O)[O-]. The van der Waals surface area contributed by atoms with Crippen molar-refractivity contribution in [1.29, 1.82) is 0 Å². The molecular formula is C15H16N4O5S. The Morgan fingerprint density at radius 1 is 1.32 bits per heavy atom. The number of hydrazone groups is 1. The largest absolute Gasteiger partial charge is 0.493 e. The first-order valence-corrected chi connectivity index (χ1v) is 8.69. The predicted molar refractivity (Wildman–Crippen MR) is 93.3 cm³/mol. The maximum Gasteiger partial charge on any atom is 0.295 e. The van der Waals surface area contributed by atoms with Crippen LogP contribution in [0.4, 0.5) is 11.4 Å². The van der Waals surface area contributed by atoms with Gasteiger partial charge in [0.25, 0.3) is 5.69 Å². The van der Waals surface area contributed by atoms with Crippen molar-refractivity contribution in [3.05, 3.63) is 58.1 Å². The molecule has 25 heavy (non-hydrogen) atoms. The molecule has 0 bridgehead atoms. The highest BCUT2D eigenvalue weighted by Crippen LogP contribution is 2.27. The van der Waals surface area contributed by atoms with Crippen molar-refractivity contribution in [1.82, 2.24) is 0 Å². The normalized spacial score (nSPS) is 11.4. The van der Waals surface area contributed by atoms with E-state index in [-0.39, 0.29) is 10.6 Å². The number of nitrogens with one attached hydrogen (secondary N) is 1. The molecule has 0 amide bonds. The molecule has 2 aromatic rings. The highest BCUT2D eigenvalue weighted by atomic mass is 32.2. The van der Waals surface area contributed by atoms with Crippen LogP contribution in [0, 0.1) is 10.1 Å². The van der Waals surface area contributed by atoms with Gasteiger partial charge in [0.15, 0.2) is 0 Å². The number of anilines is 1. The van der Waals surface area contributed by atoms with Crippen LogP contribution in [0.1, 0.15) is 12.5 Å². The van der Waals surface area contributed by atoms with Crippen LogP contribution in [0.15, 0.2) is 52.5 Å². The van der Waals surface area contributed by atoms with E-state index >= 15 is 0 Å². The summed E-state index contributed by atoms with van der Waals surface area (Å²) < 4.78 is 28.1. The third-order valence-electron chi connectivity index (χ3n) is 3.10. The number of para-hydroxylation sites is 1. The fourth-order valence-electron chi connectivity index (χ4n) is 1.98. The van der Waals surface area contributed by atoms with E-state index < -0.39 is 20.6 Å². The molecule has 0 aliphatic heterocycles. The van der Waals surface area contributed by atoms with Crippen LogP contribution in [0.5, 0.6) is 5.75 Å². The van der Waals surface area contributed by atoms with Gasteiger partial charge in [0.1, 0.15) is 11.4 Å². The lowest BCUT2D eigenvalue weighted by molar-refractivity contribution is -0.384. The number of nitrogens with zero attached hydrogens (tertiary/aromatic N) is 2. The van der Waals surface area contributed by atoms with Gasteiger partial charge >= 0.3 is 0 Å². The van der Waals surface area contributed by atoms with E-state index in [1.165, 1.54) is 12.3 Å². The Bertz CT molecular complexity index is 912. The molecule has 9 nitrogen and oxygen atoms in total. The van der Waals surface area contributed by atoms with Crippen LogP contribution in [-0.4, -0.2) is 26.2 Å². The first-order valence-electron chi connectivity index (χ1n) is 7.15. The number of nitro groups is 1. The van der Waals surface area contributed by atoms with Gasteiger partial charge in [-0.25, -0.2) is 13.6 Å². The van der Waals surface area contributed by atoms with Gasteiger partial charge in [-0.05, 0) is 31.2 Å². The molecule has 0 radical (unpaired) electrons. The van der Waals surface area contributed by atoms with Crippen LogP contribution >= 0.6 is 0 Å². The van der Waals surface area contributed by atoms with Crippen LogP contribution < -0.4 is 15.3 Å². The van der Waals surface area contributed by atoms with Crippen LogP contribution in [-0.2, 0) is 10.0 Å². The highest BCUT2D eigenvalue weighted by molar-refractivity contribution is 7.89. The molecule has 2 rings (SSSR count). The van der Waals surface area contributed by atoms with E-state index in [2.05, 4.69) is 10.5 Å². The zero-order chi connectivity index (χ0) is 18.4. The molecule has 2 aromatic carbocycles. The zero-order valence-corrected chi connectivity index (χ0v) is 14.1. The molecule has 3 N–H and O–H groups in total. The molecular weight excluding hydrogens is 348 g/mol. The fraction of sp³-hybridized carbons (Fsp3) is 0.133. The minimum absolute atomic E-state index is 0.0301. The Kier molecular flexibility index (Phi) is 5.67. The Morgan fingerprint density at radius 2 is 2.04 bits per heavy atom. The van der Waals surface area contributed by atoms with Crippen molar-refractivity contribution < 1.29 is 18.1 Å². The second kappa shape index (κ2) is 7.73. The second-order valence-corrected chi connectivity index (χ2v) is 6.38. The Labute approximate surface area is 144 Å². The van der Waals surface area contributed by atoms with Gasteiger partial charge in [0.2, 0.25) is 10.0 Å². The maximum atomic E-state index is 11.3. The van der Waals surface area contributed by atoms with Gasteiger partial charge in [-0.1, -0.05) is 12.1 Å². The summed E-state index contributed by atoms with van der Waals surface area (Å²) in [4.78, 5) is 10.1. The molecule has 0 saturated heterocycles.